The highest BCUT2D eigenvalue weighted by atomic mass is 16.5. The SMILES string of the molecule is CC1(C)c2ccccc2C2(c3ccccc3Oc3c(-c4nc5ccccc5n4-c4ccccc4)cccc32)c2ccccc21. The Labute approximate surface area is 257 Å². The molecular formula is C41H30N2O. The van der Waals surface area contributed by atoms with Crippen LogP contribution in [0, 0.1) is 0 Å². The molecule has 9 rings (SSSR count). The summed E-state index contributed by atoms with van der Waals surface area (Å²) in [6, 6.07) is 52.0. The first-order valence-corrected chi connectivity index (χ1v) is 15.2. The maximum Gasteiger partial charge on any atom is 0.149 e. The molecule has 0 radical (unpaired) electrons. The molecule has 6 aromatic carbocycles. The van der Waals surface area contributed by atoms with Crippen molar-refractivity contribution in [2.75, 3.05) is 0 Å². The van der Waals surface area contributed by atoms with Gasteiger partial charge in [-0.15, -0.1) is 0 Å². The van der Waals surface area contributed by atoms with Crippen LogP contribution >= 0.6 is 0 Å². The molecule has 1 aliphatic carbocycles. The zero-order valence-corrected chi connectivity index (χ0v) is 24.7. The van der Waals surface area contributed by atoms with Crippen LogP contribution in [0.3, 0.4) is 0 Å². The van der Waals surface area contributed by atoms with Crippen LogP contribution in [0.15, 0.2) is 146 Å². The number of ether oxygens (including phenoxy) is 1. The molecule has 1 spiro atoms. The fourth-order valence-electron chi connectivity index (χ4n) is 7.86. The van der Waals surface area contributed by atoms with Gasteiger partial charge in [0.1, 0.15) is 17.3 Å². The Kier molecular flexibility index (Phi) is 5.16. The second kappa shape index (κ2) is 9.05. The maximum atomic E-state index is 7.01. The number of hydrogen-bond acceptors (Lipinski definition) is 2. The number of hydrogen-bond donors (Lipinski definition) is 0. The van der Waals surface area contributed by atoms with Gasteiger partial charge in [-0.2, -0.15) is 0 Å². The van der Waals surface area contributed by atoms with Crippen LogP contribution in [0.1, 0.15) is 47.2 Å². The van der Waals surface area contributed by atoms with Gasteiger partial charge in [-0.1, -0.05) is 123 Å². The van der Waals surface area contributed by atoms with Crippen molar-refractivity contribution in [3.05, 3.63) is 179 Å². The van der Waals surface area contributed by atoms with Crippen molar-refractivity contribution in [2.45, 2.75) is 24.7 Å². The molecule has 0 amide bonds. The highest BCUT2D eigenvalue weighted by Crippen LogP contribution is 2.62. The minimum Gasteiger partial charge on any atom is -0.456 e. The lowest BCUT2D eigenvalue weighted by molar-refractivity contribution is 0.426. The Morgan fingerprint density at radius 1 is 0.523 bits per heavy atom. The van der Waals surface area contributed by atoms with E-state index in [0.29, 0.717) is 0 Å². The summed E-state index contributed by atoms with van der Waals surface area (Å²) >= 11 is 0. The van der Waals surface area contributed by atoms with E-state index >= 15 is 0 Å². The molecule has 0 saturated carbocycles. The van der Waals surface area contributed by atoms with Crippen molar-refractivity contribution in [3.63, 3.8) is 0 Å². The van der Waals surface area contributed by atoms with Crippen LogP contribution in [0.2, 0.25) is 0 Å². The van der Waals surface area contributed by atoms with Crippen molar-refractivity contribution in [1.82, 2.24) is 9.55 Å². The Balaban J connectivity index is 1.43. The predicted molar refractivity (Wildman–Crippen MR) is 177 cm³/mol. The molecule has 0 saturated heterocycles. The third-order valence-electron chi connectivity index (χ3n) is 9.75. The standard InChI is InChI=1S/C41H30N2O/c1-40(2)29-18-6-8-20-31(29)41(32-21-9-7-19-30(32)40)33-22-10-13-26-37(33)44-38-28(17-14-23-34(38)41)39-42-35-24-11-12-25-36(35)43(39)27-15-4-3-5-16-27/h3-26H,1-2H3. The van der Waals surface area contributed by atoms with Gasteiger partial charge in [-0.25, -0.2) is 4.98 Å². The van der Waals surface area contributed by atoms with E-state index in [4.69, 9.17) is 9.72 Å². The van der Waals surface area contributed by atoms with E-state index in [1.807, 2.05) is 6.07 Å². The molecule has 1 aliphatic heterocycles. The average Bonchev–Trinajstić information content (AvgIpc) is 3.46. The fourth-order valence-corrected chi connectivity index (χ4v) is 7.86. The van der Waals surface area contributed by atoms with Crippen LogP contribution < -0.4 is 4.74 Å². The first kappa shape index (κ1) is 25.1. The second-order valence-electron chi connectivity index (χ2n) is 12.3. The Morgan fingerprint density at radius 2 is 1.09 bits per heavy atom. The van der Waals surface area contributed by atoms with Crippen molar-refractivity contribution in [2.24, 2.45) is 0 Å². The summed E-state index contributed by atoms with van der Waals surface area (Å²) in [5.74, 6) is 2.59. The molecular weight excluding hydrogens is 536 g/mol. The third-order valence-corrected chi connectivity index (χ3v) is 9.75. The third kappa shape index (κ3) is 3.19. The van der Waals surface area contributed by atoms with Crippen LogP contribution in [0.5, 0.6) is 11.5 Å². The number of para-hydroxylation sites is 5. The normalized spacial score (nSPS) is 15.1. The largest absolute Gasteiger partial charge is 0.456 e. The summed E-state index contributed by atoms with van der Waals surface area (Å²) in [5, 5.41) is 0. The summed E-state index contributed by atoms with van der Waals surface area (Å²) in [6.45, 7) is 4.70. The summed E-state index contributed by atoms with van der Waals surface area (Å²) < 4.78 is 9.26. The van der Waals surface area contributed by atoms with Crippen LogP contribution in [0.25, 0.3) is 28.1 Å². The number of rotatable bonds is 2. The molecule has 3 heteroatoms. The monoisotopic (exact) mass is 566 g/mol. The molecule has 44 heavy (non-hydrogen) atoms. The van der Waals surface area contributed by atoms with Gasteiger partial charge in [0.05, 0.1) is 22.0 Å². The molecule has 0 fully saturated rings. The second-order valence-corrected chi connectivity index (χ2v) is 12.3. The summed E-state index contributed by atoms with van der Waals surface area (Å²) in [7, 11) is 0. The topological polar surface area (TPSA) is 27.1 Å². The molecule has 2 heterocycles. The molecule has 210 valence electrons. The van der Waals surface area contributed by atoms with E-state index in [1.165, 1.54) is 22.3 Å². The maximum absolute atomic E-state index is 7.01. The fraction of sp³-hybridized carbons (Fsp3) is 0.0976. The van der Waals surface area contributed by atoms with Gasteiger partial charge in [0.15, 0.2) is 0 Å². The van der Waals surface area contributed by atoms with Crippen LogP contribution in [-0.2, 0) is 10.8 Å². The van der Waals surface area contributed by atoms with E-state index in [-0.39, 0.29) is 5.41 Å². The number of benzene rings is 6. The molecule has 3 nitrogen and oxygen atoms in total. The van der Waals surface area contributed by atoms with Gasteiger partial charge in [0.25, 0.3) is 0 Å². The molecule has 0 unspecified atom stereocenters. The number of imidazole rings is 1. The summed E-state index contributed by atoms with van der Waals surface area (Å²) in [4.78, 5) is 5.25. The molecule has 0 bridgehead atoms. The Hall–Kier alpha value is -5.41. The molecule has 0 atom stereocenters. The van der Waals surface area contributed by atoms with Gasteiger partial charge in [0.2, 0.25) is 0 Å². The van der Waals surface area contributed by atoms with E-state index in [0.717, 1.165) is 50.7 Å². The Morgan fingerprint density at radius 3 is 1.82 bits per heavy atom. The molecule has 0 N–H and O–H groups in total. The first-order chi connectivity index (χ1) is 21.6. The highest BCUT2D eigenvalue weighted by Gasteiger charge is 2.53. The van der Waals surface area contributed by atoms with E-state index in [2.05, 4.69) is 158 Å². The molecule has 7 aromatic rings. The lowest BCUT2D eigenvalue weighted by Gasteiger charge is -2.50. The van der Waals surface area contributed by atoms with E-state index in [9.17, 15) is 0 Å². The highest BCUT2D eigenvalue weighted by molar-refractivity contribution is 5.87. The first-order valence-electron chi connectivity index (χ1n) is 15.2. The number of fused-ring (bicyclic) bond motifs is 9. The van der Waals surface area contributed by atoms with E-state index in [1.54, 1.807) is 0 Å². The summed E-state index contributed by atoms with van der Waals surface area (Å²) in [6.07, 6.45) is 0. The predicted octanol–water partition coefficient (Wildman–Crippen LogP) is 9.82. The minimum absolute atomic E-state index is 0.162. The van der Waals surface area contributed by atoms with E-state index < -0.39 is 5.41 Å². The van der Waals surface area contributed by atoms with Gasteiger partial charge in [-0.05, 0) is 58.7 Å². The zero-order valence-electron chi connectivity index (χ0n) is 24.7. The lowest BCUT2D eigenvalue weighted by atomic mass is 9.53. The minimum atomic E-state index is -0.563. The molecule has 1 aromatic heterocycles. The van der Waals surface area contributed by atoms with Crippen LogP contribution in [-0.4, -0.2) is 9.55 Å². The van der Waals surface area contributed by atoms with Gasteiger partial charge >= 0.3 is 0 Å². The van der Waals surface area contributed by atoms with Crippen molar-refractivity contribution < 1.29 is 4.74 Å². The van der Waals surface area contributed by atoms with Crippen molar-refractivity contribution in [3.8, 4) is 28.6 Å². The number of aromatic nitrogens is 2. The van der Waals surface area contributed by atoms with Gasteiger partial charge < -0.3 is 4.74 Å². The quantitative estimate of drug-likeness (QED) is 0.208. The van der Waals surface area contributed by atoms with Gasteiger partial charge in [-0.3, -0.25) is 4.57 Å². The smallest absolute Gasteiger partial charge is 0.149 e. The zero-order chi connectivity index (χ0) is 29.5. The van der Waals surface area contributed by atoms with Crippen LogP contribution in [0.4, 0.5) is 0 Å². The summed E-state index contributed by atoms with van der Waals surface area (Å²) in [5.41, 5.74) is 10.9. The average molecular weight is 567 g/mol. The van der Waals surface area contributed by atoms with Crippen molar-refractivity contribution >= 4 is 11.0 Å². The van der Waals surface area contributed by atoms with Crippen molar-refractivity contribution in [1.29, 1.82) is 0 Å². The van der Waals surface area contributed by atoms with Gasteiger partial charge in [0, 0.05) is 22.2 Å². The number of nitrogens with zero attached hydrogens (tertiary/aromatic N) is 2. The molecule has 2 aliphatic rings. The Bertz CT molecular complexity index is 2190. The lowest BCUT2D eigenvalue weighted by Crippen LogP contribution is -2.43.